The first kappa shape index (κ1) is 21.8. The van der Waals surface area contributed by atoms with Crippen molar-refractivity contribution in [3.05, 3.63) is 71.6 Å². The van der Waals surface area contributed by atoms with E-state index in [1.807, 2.05) is 86.0 Å². The fourth-order valence-electron chi connectivity index (χ4n) is 3.76. The van der Waals surface area contributed by atoms with Gasteiger partial charge in [-0.15, -0.1) is 11.3 Å². The Morgan fingerprint density at radius 1 is 0.938 bits per heavy atom. The molecule has 164 valence electrons. The van der Waals surface area contributed by atoms with E-state index in [0.717, 1.165) is 32.6 Å². The van der Waals surface area contributed by atoms with Gasteiger partial charge in [-0.2, -0.15) is 0 Å². The molecule has 0 saturated heterocycles. The number of rotatable bonds is 5. The van der Waals surface area contributed by atoms with Crippen LogP contribution in [0.2, 0.25) is 0 Å². The van der Waals surface area contributed by atoms with Gasteiger partial charge in [0.05, 0.1) is 23.0 Å². The molecule has 0 bridgehead atoms. The summed E-state index contributed by atoms with van der Waals surface area (Å²) in [7, 11) is 1.37. The summed E-state index contributed by atoms with van der Waals surface area (Å²) in [5.41, 5.74) is 4.11. The molecule has 0 fully saturated rings. The van der Waals surface area contributed by atoms with Crippen molar-refractivity contribution in [1.29, 1.82) is 0 Å². The molecule has 0 spiro atoms. The first-order valence-corrected chi connectivity index (χ1v) is 11.2. The third kappa shape index (κ3) is 4.32. The minimum Gasteiger partial charge on any atom is -0.465 e. The van der Waals surface area contributed by atoms with Gasteiger partial charge in [-0.1, -0.05) is 60.7 Å². The number of carbonyl (C=O) groups is 2. The van der Waals surface area contributed by atoms with E-state index in [4.69, 9.17) is 9.47 Å². The molecule has 0 radical (unpaired) electrons. The third-order valence-electron chi connectivity index (χ3n) is 4.94. The summed E-state index contributed by atoms with van der Waals surface area (Å²) in [4.78, 5) is 25.7. The molecule has 4 aromatic rings. The molecule has 0 aliphatic heterocycles. The average molecular weight is 448 g/mol. The van der Waals surface area contributed by atoms with E-state index in [2.05, 4.69) is 0 Å². The second kappa shape index (κ2) is 8.63. The van der Waals surface area contributed by atoms with Crippen LogP contribution in [0, 0.1) is 0 Å². The van der Waals surface area contributed by atoms with Gasteiger partial charge >= 0.3 is 11.9 Å². The predicted octanol–water partition coefficient (Wildman–Crippen LogP) is 6.17. The monoisotopic (exact) mass is 447 g/mol. The smallest absolute Gasteiger partial charge is 0.348 e. The number of hydrogen-bond acceptors (Lipinski definition) is 5. The molecule has 0 unspecified atom stereocenters. The summed E-state index contributed by atoms with van der Waals surface area (Å²) >= 11 is 1.37. The van der Waals surface area contributed by atoms with Crippen LogP contribution in [0.3, 0.4) is 0 Å². The van der Waals surface area contributed by atoms with Crippen LogP contribution in [0.1, 0.15) is 30.4 Å². The van der Waals surface area contributed by atoms with Crippen LogP contribution in [0.5, 0.6) is 0 Å². The van der Waals surface area contributed by atoms with Crippen LogP contribution in [-0.2, 0) is 20.8 Å². The topological polar surface area (TPSA) is 57.5 Å². The summed E-state index contributed by atoms with van der Waals surface area (Å²) in [6, 6.07) is 21.8. The molecule has 0 atom stereocenters. The highest BCUT2D eigenvalue weighted by atomic mass is 32.1. The molecule has 0 saturated carbocycles. The zero-order chi connectivity index (χ0) is 22.9. The lowest BCUT2D eigenvalue weighted by atomic mass is 10.0. The maximum Gasteiger partial charge on any atom is 0.348 e. The Morgan fingerprint density at radius 2 is 1.53 bits per heavy atom. The van der Waals surface area contributed by atoms with Gasteiger partial charge in [0.25, 0.3) is 0 Å². The second-order valence-electron chi connectivity index (χ2n) is 8.44. The lowest BCUT2D eigenvalue weighted by molar-refractivity contribution is -0.155. The summed E-state index contributed by atoms with van der Waals surface area (Å²) in [5, 5.41) is 0. The van der Waals surface area contributed by atoms with Gasteiger partial charge in [0.2, 0.25) is 0 Å². The lowest BCUT2D eigenvalue weighted by Crippen LogP contribution is -2.26. The highest BCUT2D eigenvalue weighted by molar-refractivity contribution is 7.21. The van der Waals surface area contributed by atoms with E-state index in [1.54, 1.807) is 6.07 Å². The SMILES string of the molecule is COC(=O)c1cc2c(s1)c(-c1ccccc1)c(-c1ccccc1)n2CC(=O)OC(C)(C)C. The molecular formula is C26H25NO4S. The Labute approximate surface area is 191 Å². The van der Waals surface area contributed by atoms with Gasteiger partial charge in [-0.25, -0.2) is 4.79 Å². The van der Waals surface area contributed by atoms with Crippen molar-refractivity contribution >= 4 is 33.5 Å². The van der Waals surface area contributed by atoms with E-state index >= 15 is 0 Å². The molecular weight excluding hydrogens is 422 g/mol. The Kier molecular flexibility index (Phi) is 5.89. The van der Waals surface area contributed by atoms with Gasteiger partial charge in [0.15, 0.2) is 0 Å². The van der Waals surface area contributed by atoms with Gasteiger partial charge in [0, 0.05) is 5.56 Å². The molecule has 6 heteroatoms. The number of benzene rings is 2. The molecule has 0 aliphatic rings. The minimum absolute atomic E-state index is 0.0299. The van der Waals surface area contributed by atoms with Crippen LogP contribution in [0.25, 0.3) is 32.6 Å². The highest BCUT2D eigenvalue weighted by Gasteiger charge is 2.26. The van der Waals surface area contributed by atoms with Gasteiger partial charge in [-0.05, 0) is 38.0 Å². The van der Waals surface area contributed by atoms with Crippen LogP contribution in [-0.4, -0.2) is 29.2 Å². The Balaban J connectivity index is 2.01. The zero-order valence-electron chi connectivity index (χ0n) is 18.5. The van der Waals surface area contributed by atoms with Crippen LogP contribution in [0.4, 0.5) is 0 Å². The van der Waals surface area contributed by atoms with Gasteiger partial charge < -0.3 is 14.0 Å². The molecule has 2 aromatic heterocycles. The van der Waals surface area contributed by atoms with Crippen molar-refractivity contribution < 1.29 is 19.1 Å². The largest absolute Gasteiger partial charge is 0.465 e. The number of nitrogens with zero attached hydrogens (tertiary/aromatic N) is 1. The summed E-state index contributed by atoms with van der Waals surface area (Å²) in [5.74, 6) is -0.729. The number of aromatic nitrogens is 1. The van der Waals surface area contributed by atoms with E-state index < -0.39 is 11.6 Å². The van der Waals surface area contributed by atoms with Crippen LogP contribution < -0.4 is 0 Å². The van der Waals surface area contributed by atoms with Crippen molar-refractivity contribution in [2.45, 2.75) is 32.9 Å². The molecule has 2 aromatic carbocycles. The maximum atomic E-state index is 12.9. The molecule has 5 nitrogen and oxygen atoms in total. The lowest BCUT2D eigenvalue weighted by Gasteiger charge is -2.20. The van der Waals surface area contributed by atoms with Crippen LogP contribution in [0.15, 0.2) is 66.7 Å². The van der Waals surface area contributed by atoms with Gasteiger partial charge in [0.1, 0.15) is 17.0 Å². The van der Waals surface area contributed by atoms with E-state index in [0.29, 0.717) is 4.88 Å². The number of fused-ring (bicyclic) bond motifs is 1. The summed E-state index contributed by atoms with van der Waals surface area (Å²) in [6.45, 7) is 5.58. The number of carbonyl (C=O) groups excluding carboxylic acids is 2. The molecule has 0 aliphatic carbocycles. The third-order valence-corrected chi connectivity index (χ3v) is 6.06. The first-order valence-electron chi connectivity index (χ1n) is 10.4. The highest BCUT2D eigenvalue weighted by Crippen LogP contribution is 2.44. The molecule has 4 rings (SSSR count). The fraction of sp³-hybridized carbons (Fsp3) is 0.231. The Hall–Kier alpha value is -3.38. The van der Waals surface area contributed by atoms with Crippen molar-refractivity contribution in [3.8, 4) is 22.4 Å². The number of esters is 2. The maximum absolute atomic E-state index is 12.9. The Morgan fingerprint density at radius 3 is 2.09 bits per heavy atom. The standard InChI is InChI=1S/C26H25NO4S/c1-26(2,3)31-21(28)16-27-19-15-20(25(29)30-4)32-24(19)22(17-11-7-5-8-12-17)23(27)18-13-9-6-10-14-18/h5-15H,16H2,1-4H3. The molecule has 0 N–H and O–H groups in total. The summed E-state index contributed by atoms with van der Waals surface area (Å²) < 4.78 is 13.5. The molecule has 2 heterocycles. The number of hydrogen-bond donors (Lipinski definition) is 0. The van der Waals surface area contributed by atoms with Crippen molar-refractivity contribution in [1.82, 2.24) is 4.57 Å². The van der Waals surface area contributed by atoms with E-state index in [1.165, 1.54) is 18.4 Å². The van der Waals surface area contributed by atoms with Crippen molar-refractivity contribution in [2.24, 2.45) is 0 Å². The number of methoxy groups -OCH3 is 1. The van der Waals surface area contributed by atoms with Gasteiger partial charge in [-0.3, -0.25) is 4.79 Å². The number of ether oxygens (including phenoxy) is 2. The second-order valence-corrected chi connectivity index (χ2v) is 9.50. The normalized spacial score (nSPS) is 11.5. The average Bonchev–Trinajstić information content (AvgIpc) is 3.31. The number of thiophene rings is 1. The molecule has 0 amide bonds. The fourth-order valence-corrected chi connectivity index (χ4v) is 4.91. The zero-order valence-corrected chi connectivity index (χ0v) is 19.4. The quantitative estimate of drug-likeness (QED) is 0.344. The van der Waals surface area contributed by atoms with Crippen LogP contribution >= 0.6 is 11.3 Å². The van der Waals surface area contributed by atoms with E-state index in [9.17, 15) is 9.59 Å². The minimum atomic E-state index is -0.593. The van der Waals surface area contributed by atoms with E-state index in [-0.39, 0.29) is 12.5 Å². The summed E-state index contributed by atoms with van der Waals surface area (Å²) in [6.07, 6.45) is 0. The predicted molar refractivity (Wildman–Crippen MR) is 128 cm³/mol. The Bertz CT molecular complexity index is 1260. The van der Waals surface area contributed by atoms with Crippen molar-refractivity contribution in [3.63, 3.8) is 0 Å². The molecule has 32 heavy (non-hydrogen) atoms. The van der Waals surface area contributed by atoms with Crippen molar-refractivity contribution in [2.75, 3.05) is 7.11 Å². The first-order chi connectivity index (χ1) is 15.3.